The van der Waals surface area contributed by atoms with Crippen molar-refractivity contribution in [3.05, 3.63) is 77.5 Å². The topological polar surface area (TPSA) is 88.5 Å². The average molecular weight is 435 g/mol. The molecule has 0 radical (unpaired) electrons. The molecule has 1 aromatic heterocycles. The Morgan fingerprint density at radius 1 is 1.10 bits per heavy atom. The zero-order chi connectivity index (χ0) is 22.0. The van der Waals surface area contributed by atoms with Gasteiger partial charge in [-0.25, -0.2) is 9.78 Å². The maximum absolute atomic E-state index is 13.1. The van der Waals surface area contributed by atoms with Gasteiger partial charge in [-0.3, -0.25) is 4.79 Å². The van der Waals surface area contributed by atoms with Crippen molar-refractivity contribution in [2.45, 2.75) is 23.3 Å². The Hall–Kier alpha value is -3.32. The fourth-order valence-electron chi connectivity index (χ4n) is 3.93. The summed E-state index contributed by atoms with van der Waals surface area (Å²) in [7, 11) is 1.53. The van der Waals surface area contributed by atoms with Crippen molar-refractivity contribution in [3.8, 4) is 17.0 Å². The minimum atomic E-state index is -1.38. The third-order valence-electron chi connectivity index (χ3n) is 5.55. The van der Waals surface area contributed by atoms with Crippen LogP contribution in [0.25, 0.3) is 11.1 Å². The van der Waals surface area contributed by atoms with Gasteiger partial charge < -0.3 is 15.2 Å². The summed E-state index contributed by atoms with van der Waals surface area (Å²) in [5.41, 5.74) is 2.32. The third-order valence-corrected chi connectivity index (χ3v) is 6.28. The van der Waals surface area contributed by atoms with Crippen LogP contribution in [0, 0.1) is 0 Å². The highest BCUT2D eigenvalue weighted by atomic mass is 32.2. The van der Waals surface area contributed by atoms with Gasteiger partial charge in [-0.05, 0) is 41.1 Å². The SMILES string of the molecule is COc1ncc(C(=O)NC2(C(=O)O)Cc3ccccc3C2)cc1-c1cccc(SC)c1. The molecule has 0 fully saturated rings. The number of thioether (sulfide) groups is 1. The largest absolute Gasteiger partial charge is 0.481 e. The smallest absolute Gasteiger partial charge is 0.330 e. The van der Waals surface area contributed by atoms with E-state index in [4.69, 9.17) is 4.74 Å². The third kappa shape index (κ3) is 4.01. The Labute approximate surface area is 184 Å². The van der Waals surface area contributed by atoms with Crippen molar-refractivity contribution < 1.29 is 19.4 Å². The highest BCUT2D eigenvalue weighted by Gasteiger charge is 2.45. The number of carboxylic acid groups (broad SMARTS) is 1. The van der Waals surface area contributed by atoms with Crippen molar-refractivity contribution in [3.63, 3.8) is 0 Å². The second-order valence-electron chi connectivity index (χ2n) is 7.48. The summed E-state index contributed by atoms with van der Waals surface area (Å²) in [6.45, 7) is 0. The van der Waals surface area contributed by atoms with E-state index < -0.39 is 17.4 Å². The fraction of sp³-hybridized carbons (Fsp3) is 0.208. The minimum absolute atomic E-state index is 0.246. The molecule has 2 N–H and O–H groups in total. The standard InChI is InChI=1S/C24H22N2O4S/c1-30-22-20(15-8-5-9-19(10-15)31-2)11-18(14-25-22)21(27)26-24(23(28)29)12-16-6-3-4-7-17(16)13-24/h3-11,14H,12-13H2,1-2H3,(H,26,27)(H,28,29). The number of benzene rings is 2. The van der Waals surface area contributed by atoms with Crippen LogP contribution in [0.1, 0.15) is 21.5 Å². The molecule has 0 saturated heterocycles. The molecular weight excluding hydrogens is 412 g/mol. The quantitative estimate of drug-likeness (QED) is 0.573. The molecule has 0 spiro atoms. The maximum Gasteiger partial charge on any atom is 0.330 e. The molecule has 0 atom stereocenters. The van der Waals surface area contributed by atoms with Crippen molar-refractivity contribution >= 4 is 23.6 Å². The lowest BCUT2D eigenvalue weighted by Gasteiger charge is -2.25. The number of carbonyl (C=O) groups excluding carboxylic acids is 1. The normalized spacial score (nSPS) is 14.0. The van der Waals surface area contributed by atoms with Crippen LogP contribution in [0.15, 0.2) is 65.7 Å². The summed E-state index contributed by atoms with van der Waals surface area (Å²) in [6, 6.07) is 17.1. The van der Waals surface area contributed by atoms with Gasteiger partial charge in [-0.2, -0.15) is 0 Å². The predicted octanol–water partition coefficient (Wildman–Crippen LogP) is 3.83. The van der Waals surface area contributed by atoms with Gasteiger partial charge in [0.25, 0.3) is 5.91 Å². The van der Waals surface area contributed by atoms with Gasteiger partial charge in [-0.1, -0.05) is 36.4 Å². The van der Waals surface area contributed by atoms with E-state index in [-0.39, 0.29) is 18.4 Å². The Bertz CT molecular complexity index is 1140. The minimum Gasteiger partial charge on any atom is -0.481 e. The number of ether oxygens (including phenoxy) is 1. The number of hydrogen-bond donors (Lipinski definition) is 2. The number of carbonyl (C=O) groups is 2. The van der Waals surface area contributed by atoms with E-state index in [1.165, 1.54) is 13.3 Å². The summed E-state index contributed by atoms with van der Waals surface area (Å²) in [6.07, 6.45) is 3.89. The molecule has 7 heteroatoms. The van der Waals surface area contributed by atoms with E-state index in [0.717, 1.165) is 21.6 Å². The summed E-state index contributed by atoms with van der Waals surface area (Å²) >= 11 is 1.61. The first-order valence-electron chi connectivity index (χ1n) is 9.77. The van der Waals surface area contributed by atoms with E-state index in [0.29, 0.717) is 11.4 Å². The molecule has 1 aliphatic carbocycles. The first-order chi connectivity index (χ1) is 15.0. The molecule has 1 aliphatic rings. The number of aromatic nitrogens is 1. The molecule has 1 amide bonds. The van der Waals surface area contributed by atoms with E-state index in [1.54, 1.807) is 17.8 Å². The van der Waals surface area contributed by atoms with E-state index in [9.17, 15) is 14.7 Å². The number of pyridine rings is 1. The number of fused-ring (bicyclic) bond motifs is 1. The van der Waals surface area contributed by atoms with E-state index in [1.807, 2.05) is 54.8 Å². The summed E-state index contributed by atoms with van der Waals surface area (Å²) < 4.78 is 5.40. The average Bonchev–Trinajstić information content (AvgIpc) is 3.18. The van der Waals surface area contributed by atoms with Crippen molar-refractivity contribution in [1.82, 2.24) is 10.3 Å². The molecule has 1 heterocycles. The molecule has 31 heavy (non-hydrogen) atoms. The Morgan fingerprint density at radius 2 is 1.81 bits per heavy atom. The van der Waals surface area contributed by atoms with Crippen LogP contribution in [-0.2, 0) is 17.6 Å². The summed E-state index contributed by atoms with van der Waals surface area (Å²) in [5, 5.41) is 12.7. The number of methoxy groups -OCH3 is 1. The van der Waals surface area contributed by atoms with Crippen LogP contribution in [0.2, 0.25) is 0 Å². The zero-order valence-corrected chi connectivity index (χ0v) is 18.0. The van der Waals surface area contributed by atoms with Gasteiger partial charge in [-0.15, -0.1) is 11.8 Å². The monoisotopic (exact) mass is 434 g/mol. The van der Waals surface area contributed by atoms with Crippen molar-refractivity contribution in [2.24, 2.45) is 0 Å². The van der Waals surface area contributed by atoms with E-state index in [2.05, 4.69) is 10.3 Å². The predicted molar refractivity (Wildman–Crippen MR) is 120 cm³/mol. The second kappa shape index (κ2) is 8.43. The molecule has 6 nitrogen and oxygen atoms in total. The summed E-state index contributed by atoms with van der Waals surface area (Å²) in [4.78, 5) is 30.6. The molecule has 2 aromatic carbocycles. The highest BCUT2D eigenvalue weighted by Crippen LogP contribution is 2.33. The first kappa shape index (κ1) is 20.9. The molecule has 0 unspecified atom stereocenters. The molecule has 3 aromatic rings. The van der Waals surface area contributed by atoms with Gasteiger partial charge in [0.05, 0.1) is 12.7 Å². The van der Waals surface area contributed by atoms with Crippen molar-refractivity contribution in [2.75, 3.05) is 13.4 Å². The zero-order valence-electron chi connectivity index (χ0n) is 17.2. The number of rotatable bonds is 6. The van der Waals surface area contributed by atoms with Gasteiger partial charge in [0.2, 0.25) is 5.88 Å². The molecular formula is C24H22N2O4S. The maximum atomic E-state index is 13.1. The van der Waals surface area contributed by atoms with Gasteiger partial charge in [0.15, 0.2) is 0 Å². The number of carboxylic acids is 1. The molecule has 4 rings (SSSR count). The van der Waals surface area contributed by atoms with Crippen molar-refractivity contribution in [1.29, 1.82) is 0 Å². The van der Waals surface area contributed by atoms with Crippen LogP contribution < -0.4 is 10.1 Å². The Balaban J connectivity index is 1.66. The van der Waals surface area contributed by atoms with E-state index >= 15 is 0 Å². The van der Waals surface area contributed by atoms with Gasteiger partial charge in [0.1, 0.15) is 5.54 Å². The van der Waals surface area contributed by atoms with Crippen LogP contribution in [-0.4, -0.2) is 40.9 Å². The van der Waals surface area contributed by atoms with Crippen LogP contribution in [0.3, 0.4) is 0 Å². The number of aliphatic carboxylic acids is 1. The fourth-order valence-corrected chi connectivity index (χ4v) is 4.39. The molecule has 0 aliphatic heterocycles. The summed E-state index contributed by atoms with van der Waals surface area (Å²) in [5.74, 6) is -1.13. The van der Waals surface area contributed by atoms with Gasteiger partial charge in [0, 0.05) is 29.5 Å². The number of hydrogen-bond acceptors (Lipinski definition) is 5. The van der Waals surface area contributed by atoms with Crippen LogP contribution >= 0.6 is 11.8 Å². The lowest BCUT2D eigenvalue weighted by molar-refractivity contribution is -0.144. The number of nitrogens with zero attached hydrogens (tertiary/aromatic N) is 1. The van der Waals surface area contributed by atoms with Gasteiger partial charge >= 0.3 is 5.97 Å². The number of nitrogens with one attached hydrogen (secondary N) is 1. The molecule has 0 saturated carbocycles. The lowest BCUT2D eigenvalue weighted by Crippen LogP contribution is -2.55. The van der Waals surface area contributed by atoms with Crippen LogP contribution in [0.4, 0.5) is 0 Å². The molecule has 0 bridgehead atoms. The molecule has 158 valence electrons. The highest BCUT2D eigenvalue weighted by molar-refractivity contribution is 7.98. The second-order valence-corrected chi connectivity index (χ2v) is 8.36. The number of amides is 1. The lowest BCUT2D eigenvalue weighted by atomic mass is 9.95. The first-order valence-corrected chi connectivity index (χ1v) is 11.0. The Kier molecular flexibility index (Phi) is 5.69. The van der Waals surface area contributed by atoms with Crippen LogP contribution in [0.5, 0.6) is 5.88 Å². The Morgan fingerprint density at radius 3 is 2.42 bits per heavy atom.